The van der Waals surface area contributed by atoms with Crippen molar-refractivity contribution in [2.75, 3.05) is 0 Å². The molecule has 1 aromatic heterocycles. The summed E-state index contributed by atoms with van der Waals surface area (Å²) in [4.78, 5) is 25.3. The lowest BCUT2D eigenvalue weighted by Crippen LogP contribution is -2.46. The van der Waals surface area contributed by atoms with E-state index in [1.807, 2.05) is 0 Å². The van der Waals surface area contributed by atoms with Crippen LogP contribution >= 0.6 is 11.6 Å². The summed E-state index contributed by atoms with van der Waals surface area (Å²) in [6, 6.07) is 0.961. The number of carbonyl (C=O) groups excluding carboxylic acids is 1. The first-order valence-electron chi connectivity index (χ1n) is 5.26. The van der Waals surface area contributed by atoms with E-state index in [0.717, 1.165) is 12.3 Å². The fourth-order valence-corrected chi connectivity index (χ4v) is 1.85. The molecule has 0 aromatic carbocycles. The molecule has 1 fully saturated rings. The lowest BCUT2D eigenvalue weighted by atomic mass is 9.89. The lowest BCUT2D eigenvalue weighted by molar-refractivity contribution is -0.385. The summed E-state index contributed by atoms with van der Waals surface area (Å²) in [5, 5.41) is 22.2. The van der Waals surface area contributed by atoms with E-state index in [1.54, 1.807) is 0 Å². The van der Waals surface area contributed by atoms with Gasteiger partial charge in [0.2, 0.25) is 0 Å². The number of nitrogens with one attached hydrogen (secondary N) is 1. The van der Waals surface area contributed by atoms with Gasteiger partial charge in [-0.05, 0) is 12.8 Å². The maximum atomic E-state index is 11.8. The molecule has 96 valence electrons. The molecule has 1 amide bonds. The van der Waals surface area contributed by atoms with Gasteiger partial charge >= 0.3 is 0 Å². The highest BCUT2D eigenvalue weighted by atomic mass is 35.5. The minimum atomic E-state index is -0.646. The topological polar surface area (TPSA) is 105 Å². The number of aliphatic hydroxyl groups excluding tert-OH is 1. The number of hydrogen-bond acceptors (Lipinski definition) is 5. The van der Waals surface area contributed by atoms with Crippen LogP contribution < -0.4 is 5.32 Å². The molecule has 2 rings (SSSR count). The number of halogens is 1. The van der Waals surface area contributed by atoms with Crippen LogP contribution in [-0.4, -0.2) is 33.1 Å². The minimum Gasteiger partial charge on any atom is -0.393 e. The molecular formula is C10H10ClN3O4. The standard InChI is InChI=1S/C10H10ClN3O4/c11-9-8(3-6(4-12-9)14(17)18)10(16)13-5-1-7(15)2-5/h3-5,7,15H,1-2H2,(H,13,16). The van der Waals surface area contributed by atoms with Crippen molar-refractivity contribution in [3.8, 4) is 0 Å². The number of amides is 1. The predicted molar refractivity (Wildman–Crippen MR) is 62.4 cm³/mol. The summed E-state index contributed by atoms with van der Waals surface area (Å²) < 4.78 is 0. The molecule has 1 aliphatic carbocycles. The van der Waals surface area contributed by atoms with E-state index in [1.165, 1.54) is 0 Å². The average molecular weight is 272 g/mol. The van der Waals surface area contributed by atoms with E-state index >= 15 is 0 Å². The Labute approximate surface area is 107 Å². The van der Waals surface area contributed by atoms with E-state index in [2.05, 4.69) is 10.3 Å². The van der Waals surface area contributed by atoms with Crippen molar-refractivity contribution in [2.45, 2.75) is 25.0 Å². The molecule has 0 spiro atoms. The van der Waals surface area contributed by atoms with Crippen molar-refractivity contribution in [1.29, 1.82) is 0 Å². The molecule has 0 unspecified atom stereocenters. The maximum Gasteiger partial charge on any atom is 0.288 e. The molecule has 8 heteroatoms. The van der Waals surface area contributed by atoms with Gasteiger partial charge in [-0.1, -0.05) is 11.6 Å². The van der Waals surface area contributed by atoms with Crippen molar-refractivity contribution in [2.24, 2.45) is 0 Å². The van der Waals surface area contributed by atoms with Gasteiger partial charge in [-0.15, -0.1) is 0 Å². The molecule has 0 bridgehead atoms. The summed E-state index contributed by atoms with van der Waals surface area (Å²) in [5.74, 6) is -0.520. The van der Waals surface area contributed by atoms with Crippen LogP contribution in [0.25, 0.3) is 0 Å². The molecule has 1 heterocycles. The van der Waals surface area contributed by atoms with Gasteiger partial charge in [-0.25, -0.2) is 4.98 Å². The van der Waals surface area contributed by atoms with Crippen molar-refractivity contribution in [3.63, 3.8) is 0 Å². The Bertz CT molecular complexity index is 502. The largest absolute Gasteiger partial charge is 0.393 e. The first-order valence-corrected chi connectivity index (χ1v) is 5.64. The second-order valence-electron chi connectivity index (χ2n) is 4.08. The number of nitrogens with zero attached hydrogens (tertiary/aromatic N) is 2. The van der Waals surface area contributed by atoms with Gasteiger partial charge in [0.25, 0.3) is 11.6 Å². The Kier molecular flexibility index (Phi) is 3.44. The third kappa shape index (κ3) is 2.57. The number of nitro groups is 1. The molecular weight excluding hydrogens is 262 g/mol. The second kappa shape index (κ2) is 4.87. The van der Waals surface area contributed by atoms with Crippen molar-refractivity contribution in [3.05, 3.63) is 33.1 Å². The minimum absolute atomic E-state index is 0.0349. The first-order chi connectivity index (χ1) is 8.47. The van der Waals surface area contributed by atoms with Crippen molar-refractivity contribution >= 4 is 23.2 Å². The van der Waals surface area contributed by atoms with Gasteiger partial charge < -0.3 is 10.4 Å². The summed E-state index contributed by atoms with van der Waals surface area (Å²) in [6.45, 7) is 0. The van der Waals surface area contributed by atoms with Gasteiger partial charge in [-0.3, -0.25) is 14.9 Å². The van der Waals surface area contributed by atoms with Crippen LogP contribution in [0.15, 0.2) is 12.3 Å². The quantitative estimate of drug-likeness (QED) is 0.483. The highest BCUT2D eigenvalue weighted by Crippen LogP contribution is 2.22. The Morgan fingerprint density at radius 1 is 1.61 bits per heavy atom. The third-order valence-corrected chi connectivity index (χ3v) is 3.03. The Morgan fingerprint density at radius 3 is 2.83 bits per heavy atom. The molecule has 0 aliphatic heterocycles. The number of pyridine rings is 1. The fourth-order valence-electron chi connectivity index (χ4n) is 1.66. The molecule has 1 aromatic rings. The van der Waals surface area contributed by atoms with Crippen molar-refractivity contribution in [1.82, 2.24) is 10.3 Å². The highest BCUT2D eigenvalue weighted by molar-refractivity contribution is 6.32. The second-order valence-corrected chi connectivity index (χ2v) is 4.44. The smallest absolute Gasteiger partial charge is 0.288 e. The van der Waals surface area contributed by atoms with Gasteiger partial charge in [-0.2, -0.15) is 0 Å². The zero-order chi connectivity index (χ0) is 13.3. The van der Waals surface area contributed by atoms with E-state index in [4.69, 9.17) is 16.7 Å². The number of carbonyl (C=O) groups is 1. The van der Waals surface area contributed by atoms with Gasteiger partial charge in [0.1, 0.15) is 11.3 Å². The summed E-state index contributed by atoms with van der Waals surface area (Å²) in [7, 11) is 0. The Morgan fingerprint density at radius 2 is 2.28 bits per heavy atom. The average Bonchev–Trinajstić information content (AvgIpc) is 2.27. The van der Waals surface area contributed by atoms with Crippen LogP contribution in [0.1, 0.15) is 23.2 Å². The van der Waals surface area contributed by atoms with Crippen LogP contribution in [0.3, 0.4) is 0 Å². The zero-order valence-electron chi connectivity index (χ0n) is 9.17. The number of aliphatic hydroxyl groups is 1. The fraction of sp³-hybridized carbons (Fsp3) is 0.400. The molecule has 1 aliphatic rings. The third-order valence-electron chi connectivity index (χ3n) is 2.73. The van der Waals surface area contributed by atoms with E-state index < -0.39 is 16.9 Å². The first kappa shape index (κ1) is 12.7. The highest BCUT2D eigenvalue weighted by Gasteiger charge is 2.29. The van der Waals surface area contributed by atoms with Crippen LogP contribution in [0.2, 0.25) is 5.15 Å². The monoisotopic (exact) mass is 271 g/mol. The molecule has 18 heavy (non-hydrogen) atoms. The number of hydrogen-bond donors (Lipinski definition) is 2. The molecule has 7 nitrogen and oxygen atoms in total. The maximum absolute atomic E-state index is 11.8. The number of aromatic nitrogens is 1. The Balaban J connectivity index is 2.13. The lowest BCUT2D eigenvalue weighted by Gasteiger charge is -2.31. The van der Waals surface area contributed by atoms with E-state index in [0.29, 0.717) is 12.8 Å². The molecule has 0 saturated heterocycles. The normalized spacial score (nSPS) is 22.1. The summed E-state index contributed by atoms with van der Waals surface area (Å²) in [5.41, 5.74) is -0.328. The number of rotatable bonds is 3. The molecule has 0 atom stereocenters. The molecule has 2 N–H and O–H groups in total. The zero-order valence-corrected chi connectivity index (χ0v) is 9.92. The van der Waals surface area contributed by atoms with Crippen LogP contribution in [0.4, 0.5) is 5.69 Å². The SMILES string of the molecule is O=C(NC1CC(O)C1)c1cc([N+](=O)[O-])cnc1Cl. The van der Waals surface area contributed by atoms with Gasteiger partial charge in [0.15, 0.2) is 0 Å². The summed E-state index contributed by atoms with van der Waals surface area (Å²) in [6.07, 6.45) is 1.55. The molecule has 1 saturated carbocycles. The van der Waals surface area contributed by atoms with Gasteiger partial charge in [0.05, 0.1) is 16.6 Å². The van der Waals surface area contributed by atoms with Crippen LogP contribution in [0.5, 0.6) is 0 Å². The van der Waals surface area contributed by atoms with Gasteiger partial charge in [0, 0.05) is 12.1 Å². The predicted octanol–water partition coefficient (Wildman–Crippen LogP) is 0.896. The van der Waals surface area contributed by atoms with E-state index in [9.17, 15) is 14.9 Å². The van der Waals surface area contributed by atoms with Crippen LogP contribution in [0, 0.1) is 10.1 Å². The molecule has 0 radical (unpaired) electrons. The van der Waals surface area contributed by atoms with Crippen LogP contribution in [-0.2, 0) is 0 Å². The van der Waals surface area contributed by atoms with E-state index in [-0.39, 0.29) is 22.4 Å². The Hall–Kier alpha value is -1.73. The summed E-state index contributed by atoms with van der Waals surface area (Å²) >= 11 is 5.73. The van der Waals surface area contributed by atoms with Crippen molar-refractivity contribution < 1.29 is 14.8 Å².